The molecule has 4 heteroatoms. The van der Waals surface area contributed by atoms with E-state index in [0.717, 1.165) is 18.7 Å². The van der Waals surface area contributed by atoms with Crippen LogP contribution in [0.2, 0.25) is 0 Å². The Balaban J connectivity index is 2.16. The van der Waals surface area contributed by atoms with Crippen LogP contribution in [0.5, 0.6) is 0 Å². The summed E-state index contributed by atoms with van der Waals surface area (Å²) >= 11 is 1.84. The number of unbranched alkanes of at least 4 members (excludes halogenated alkanes) is 4. The van der Waals surface area contributed by atoms with Crippen LogP contribution in [0.3, 0.4) is 0 Å². The summed E-state index contributed by atoms with van der Waals surface area (Å²) in [7, 11) is 0. The second-order valence-electron chi connectivity index (χ2n) is 3.86. The molecule has 0 amide bonds. The lowest BCUT2D eigenvalue weighted by Crippen LogP contribution is -2.35. The van der Waals surface area contributed by atoms with Crippen molar-refractivity contribution in [3.05, 3.63) is 18.2 Å². The summed E-state index contributed by atoms with van der Waals surface area (Å²) in [5, 5.41) is 8.41. The minimum absolute atomic E-state index is 0.703. The van der Waals surface area contributed by atoms with E-state index in [4.69, 9.17) is 5.26 Å². The van der Waals surface area contributed by atoms with E-state index in [1.807, 2.05) is 18.0 Å². The number of rotatable bonds is 8. The van der Waals surface area contributed by atoms with E-state index in [9.17, 15) is 0 Å². The van der Waals surface area contributed by atoms with E-state index < -0.39 is 0 Å². The van der Waals surface area contributed by atoms with Crippen LogP contribution in [0, 0.1) is 11.3 Å². The quantitative estimate of drug-likeness (QED) is 0.559. The van der Waals surface area contributed by atoms with Gasteiger partial charge < -0.3 is 0 Å². The highest BCUT2D eigenvalue weighted by atomic mass is 32.2. The van der Waals surface area contributed by atoms with Crippen molar-refractivity contribution < 1.29 is 4.57 Å². The van der Waals surface area contributed by atoms with Crippen LogP contribution in [0.25, 0.3) is 0 Å². The molecule has 0 spiro atoms. The van der Waals surface area contributed by atoms with E-state index in [1.54, 1.807) is 0 Å². The zero-order valence-corrected chi connectivity index (χ0v) is 10.7. The maximum absolute atomic E-state index is 8.41. The van der Waals surface area contributed by atoms with Gasteiger partial charge in [0.15, 0.2) is 0 Å². The van der Waals surface area contributed by atoms with Crippen LogP contribution in [0.4, 0.5) is 0 Å². The van der Waals surface area contributed by atoms with Crippen LogP contribution >= 0.6 is 11.8 Å². The van der Waals surface area contributed by atoms with Crippen molar-refractivity contribution in [2.45, 2.75) is 44.4 Å². The zero-order valence-electron chi connectivity index (χ0n) is 9.91. The maximum Gasteiger partial charge on any atom is 0.264 e. The molecule has 16 heavy (non-hydrogen) atoms. The lowest BCUT2D eigenvalue weighted by atomic mass is 10.1. The van der Waals surface area contributed by atoms with Gasteiger partial charge in [-0.05, 0) is 25.5 Å². The van der Waals surface area contributed by atoms with E-state index in [0.29, 0.717) is 6.42 Å². The first-order valence-corrected chi connectivity index (χ1v) is 7.19. The van der Waals surface area contributed by atoms with Gasteiger partial charge in [-0.15, -0.1) is 0 Å². The van der Waals surface area contributed by atoms with Gasteiger partial charge in [-0.1, -0.05) is 6.42 Å². The van der Waals surface area contributed by atoms with E-state index in [1.165, 1.54) is 25.1 Å². The summed E-state index contributed by atoms with van der Waals surface area (Å²) in [5.41, 5.74) is 0. The molecule has 1 aromatic heterocycles. The summed E-state index contributed by atoms with van der Waals surface area (Å²) in [5.74, 6) is 2.34. The molecule has 1 rings (SSSR count). The topological polar surface area (TPSA) is 43.5 Å². The molecule has 0 saturated heterocycles. The van der Waals surface area contributed by atoms with Crippen molar-refractivity contribution in [2.24, 2.45) is 0 Å². The van der Waals surface area contributed by atoms with Crippen LogP contribution in [0.1, 0.15) is 37.9 Å². The summed E-state index contributed by atoms with van der Waals surface area (Å²) in [4.78, 5) is 3.27. The van der Waals surface area contributed by atoms with Gasteiger partial charge in [0.25, 0.3) is 5.82 Å². The SMILES string of the molecule is CSCc1[nH]cc[n+]1CCCCCCC#N. The second kappa shape index (κ2) is 8.23. The van der Waals surface area contributed by atoms with Crippen LogP contribution in [0.15, 0.2) is 12.4 Å². The molecule has 0 radical (unpaired) electrons. The smallest absolute Gasteiger partial charge is 0.247 e. The number of aromatic amines is 1. The largest absolute Gasteiger partial charge is 0.264 e. The highest BCUT2D eigenvalue weighted by Gasteiger charge is 2.08. The zero-order chi connectivity index (χ0) is 11.6. The van der Waals surface area contributed by atoms with Crippen molar-refractivity contribution in [3.63, 3.8) is 0 Å². The molecule has 88 valence electrons. The Morgan fingerprint density at radius 1 is 1.38 bits per heavy atom. The molecule has 1 heterocycles. The first kappa shape index (κ1) is 13.1. The Morgan fingerprint density at radius 2 is 2.19 bits per heavy atom. The molecule has 0 bridgehead atoms. The Morgan fingerprint density at radius 3 is 2.94 bits per heavy atom. The molecule has 1 aromatic rings. The standard InChI is InChI=1S/C12H19N3S/c1-16-11-12-14-8-10-15(12)9-6-4-2-3-5-7-13/h8,10H,2-6,9,11H2,1H3/p+1. The molecule has 1 N–H and O–H groups in total. The summed E-state index contributed by atoms with van der Waals surface area (Å²) in [6, 6.07) is 2.19. The Bertz CT molecular complexity index is 327. The first-order chi connectivity index (χ1) is 7.88. The van der Waals surface area contributed by atoms with Gasteiger partial charge in [0, 0.05) is 6.42 Å². The molecule has 0 unspecified atom stereocenters. The average Bonchev–Trinajstić information content (AvgIpc) is 2.72. The third-order valence-corrected chi connectivity index (χ3v) is 3.13. The van der Waals surface area contributed by atoms with Gasteiger partial charge in [-0.25, -0.2) is 9.55 Å². The number of hydrogen-bond acceptors (Lipinski definition) is 2. The predicted molar refractivity (Wildman–Crippen MR) is 66.9 cm³/mol. The molecular formula is C12H20N3S+. The molecular weight excluding hydrogens is 218 g/mol. The molecule has 0 fully saturated rings. The lowest BCUT2D eigenvalue weighted by Gasteiger charge is -2.00. The number of hydrogen-bond donors (Lipinski definition) is 1. The summed E-state index contributed by atoms with van der Waals surface area (Å²) in [6.45, 7) is 1.09. The van der Waals surface area contributed by atoms with Crippen molar-refractivity contribution in [2.75, 3.05) is 6.26 Å². The molecule has 0 aromatic carbocycles. The Kier molecular flexibility index (Phi) is 6.75. The highest BCUT2D eigenvalue weighted by Crippen LogP contribution is 2.04. The number of imidazole rings is 1. The molecule has 0 aliphatic heterocycles. The molecule has 0 atom stereocenters. The maximum atomic E-state index is 8.41. The molecule has 0 saturated carbocycles. The lowest BCUT2D eigenvalue weighted by molar-refractivity contribution is -0.702. The van der Waals surface area contributed by atoms with E-state index in [-0.39, 0.29) is 0 Å². The fourth-order valence-electron chi connectivity index (χ4n) is 1.71. The normalized spacial score (nSPS) is 10.2. The minimum Gasteiger partial charge on any atom is -0.247 e. The van der Waals surface area contributed by atoms with Gasteiger partial charge in [-0.2, -0.15) is 17.0 Å². The molecule has 0 aliphatic rings. The third kappa shape index (κ3) is 4.71. The molecule has 3 nitrogen and oxygen atoms in total. The molecule has 0 aliphatic carbocycles. The van der Waals surface area contributed by atoms with Crippen molar-refractivity contribution in [3.8, 4) is 6.07 Å². The number of thioether (sulfide) groups is 1. The van der Waals surface area contributed by atoms with Crippen molar-refractivity contribution >= 4 is 11.8 Å². The average molecular weight is 238 g/mol. The Labute approximate surface area is 102 Å². The van der Waals surface area contributed by atoms with E-state index in [2.05, 4.69) is 28.1 Å². The third-order valence-electron chi connectivity index (χ3n) is 2.57. The number of nitrogens with one attached hydrogen (secondary N) is 1. The minimum atomic E-state index is 0.703. The summed E-state index contributed by atoms with van der Waals surface area (Å²) < 4.78 is 2.29. The second-order valence-corrected chi connectivity index (χ2v) is 4.72. The van der Waals surface area contributed by atoms with Gasteiger partial charge in [0.1, 0.15) is 12.4 Å². The van der Waals surface area contributed by atoms with Gasteiger partial charge in [0.2, 0.25) is 0 Å². The number of nitriles is 1. The monoisotopic (exact) mass is 238 g/mol. The van der Waals surface area contributed by atoms with E-state index >= 15 is 0 Å². The number of nitrogens with zero attached hydrogens (tertiary/aromatic N) is 2. The number of H-pyrrole nitrogens is 1. The fourth-order valence-corrected chi connectivity index (χ4v) is 2.23. The van der Waals surface area contributed by atoms with Crippen LogP contribution < -0.4 is 4.57 Å². The first-order valence-electron chi connectivity index (χ1n) is 5.80. The van der Waals surface area contributed by atoms with Crippen molar-refractivity contribution in [1.82, 2.24) is 4.98 Å². The Hall–Kier alpha value is -0.950. The van der Waals surface area contributed by atoms with Crippen LogP contribution in [-0.2, 0) is 12.3 Å². The van der Waals surface area contributed by atoms with Gasteiger partial charge in [0.05, 0.1) is 18.4 Å². The number of aryl methyl sites for hydroxylation is 1. The summed E-state index contributed by atoms with van der Waals surface area (Å²) in [6.07, 6.45) is 11.6. The van der Waals surface area contributed by atoms with Gasteiger partial charge >= 0.3 is 0 Å². The number of aromatic nitrogens is 2. The fraction of sp³-hybridized carbons (Fsp3) is 0.667. The highest BCUT2D eigenvalue weighted by molar-refractivity contribution is 7.97. The predicted octanol–water partition coefficient (Wildman–Crippen LogP) is 2.64. The van der Waals surface area contributed by atoms with Crippen LogP contribution in [-0.4, -0.2) is 11.2 Å². The van der Waals surface area contributed by atoms with Gasteiger partial charge in [-0.3, -0.25) is 0 Å². The van der Waals surface area contributed by atoms with Crippen molar-refractivity contribution in [1.29, 1.82) is 5.26 Å².